The largest absolute Gasteiger partial charge is 0.343 e. The van der Waals surface area contributed by atoms with Gasteiger partial charge in [0.15, 0.2) is 0 Å². The summed E-state index contributed by atoms with van der Waals surface area (Å²) in [6, 6.07) is 7.89. The van der Waals surface area contributed by atoms with Gasteiger partial charge in [0.2, 0.25) is 11.8 Å². The Hall–Kier alpha value is -1.84. The fraction of sp³-hybridized carbons (Fsp3) is 0.556. The molecule has 1 aliphatic heterocycles. The highest BCUT2D eigenvalue weighted by Gasteiger charge is 2.26. The molecular formula is C18H26N2O2. The van der Waals surface area contributed by atoms with Gasteiger partial charge < -0.3 is 10.2 Å². The summed E-state index contributed by atoms with van der Waals surface area (Å²) in [5.41, 5.74) is 2.08. The quantitative estimate of drug-likeness (QED) is 0.840. The molecule has 0 fully saturated rings. The first-order chi connectivity index (χ1) is 10.7. The van der Waals surface area contributed by atoms with E-state index in [9.17, 15) is 9.59 Å². The lowest BCUT2D eigenvalue weighted by molar-refractivity contribution is -0.131. The van der Waals surface area contributed by atoms with Crippen molar-refractivity contribution >= 4 is 17.5 Å². The van der Waals surface area contributed by atoms with Crippen LogP contribution in [0.5, 0.6) is 0 Å². The van der Waals surface area contributed by atoms with Gasteiger partial charge in [-0.2, -0.15) is 0 Å². The van der Waals surface area contributed by atoms with Gasteiger partial charge in [-0.1, -0.05) is 31.5 Å². The molecule has 0 spiro atoms. The molecule has 2 amide bonds. The molecule has 4 nitrogen and oxygen atoms in total. The fourth-order valence-electron chi connectivity index (χ4n) is 2.91. The molecule has 1 aromatic rings. The van der Waals surface area contributed by atoms with Gasteiger partial charge in [0.1, 0.15) is 0 Å². The van der Waals surface area contributed by atoms with Crippen LogP contribution in [0.2, 0.25) is 0 Å². The fourth-order valence-corrected chi connectivity index (χ4v) is 2.91. The van der Waals surface area contributed by atoms with Crippen molar-refractivity contribution in [3.63, 3.8) is 0 Å². The van der Waals surface area contributed by atoms with Gasteiger partial charge in [-0.3, -0.25) is 9.59 Å². The Morgan fingerprint density at radius 2 is 2.09 bits per heavy atom. The van der Waals surface area contributed by atoms with Gasteiger partial charge in [0.25, 0.3) is 0 Å². The van der Waals surface area contributed by atoms with Crippen LogP contribution in [0, 0.1) is 5.92 Å². The molecule has 22 heavy (non-hydrogen) atoms. The van der Waals surface area contributed by atoms with E-state index in [-0.39, 0.29) is 17.7 Å². The number of carbonyl (C=O) groups excluding carboxylic acids is 2. The molecule has 0 saturated heterocycles. The molecule has 0 bridgehead atoms. The molecule has 1 aromatic carbocycles. The number of amides is 2. The molecule has 1 heterocycles. The van der Waals surface area contributed by atoms with Crippen molar-refractivity contribution in [3.05, 3.63) is 29.8 Å². The summed E-state index contributed by atoms with van der Waals surface area (Å²) in [6.07, 6.45) is 3.94. The molecule has 0 radical (unpaired) electrons. The van der Waals surface area contributed by atoms with Gasteiger partial charge in [-0.05, 0) is 37.8 Å². The summed E-state index contributed by atoms with van der Waals surface area (Å²) >= 11 is 0. The van der Waals surface area contributed by atoms with Crippen LogP contribution in [-0.4, -0.2) is 29.8 Å². The van der Waals surface area contributed by atoms with Crippen LogP contribution < -0.4 is 5.32 Å². The van der Waals surface area contributed by atoms with E-state index < -0.39 is 0 Å². The maximum absolute atomic E-state index is 12.3. The number of unbranched alkanes of at least 4 members (excludes halogenated alkanes) is 1. The van der Waals surface area contributed by atoms with E-state index in [0.717, 1.165) is 43.6 Å². The van der Waals surface area contributed by atoms with Crippen LogP contribution in [-0.2, 0) is 16.0 Å². The number of rotatable bonds is 7. The molecule has 0 aliphatic carbocycles. The zero-order chi connectivity index (χ0) is 15.9. The average molecular weight is 302 g/mol. The SMILES string of the molecule is CCCCN(CC)C(=O)CC[C@@H]1Cc2ccccc2NC1=O. The Balaban J connectivity index is 1.89. The van der Waals surface area contributed by atoms with Crippen LogP contribution in [0.3, 0.4) is 0 Å². The number of hydrogen-bond donors (Lipinski definition) is 1. The van der Waals surface area contributed by atoms with E-state index in [1.54, 1.807) is 0 Å². The normalized spacial score (nSPS) is 16.8. The van der Waals surface area contributed by atoms with E-state index in [0.29, 0.717) is 12.8 Å². The predicted octanol–water partition coefficient (Wildman–Crippen LogP) is 3.23. The highest BCUT2D eigenvalue weighted by molar-refractivity contribution is 5.96. The Labute approximate surface area is 132 Å². The van der Waals surface area contributed by atoms with Gasteiger partial charge in [0, 0.05) is 31.1 Å². The van der Waals surface area contributed by atoms with Crippen molar-refractivity contribution in [1.29, 1.82) is 0 Å². The molecule has 120 valence electrons. The molecular weight excluding hydrogens is 276 g/mol. The van der Waals surface area contributed by atoms with Crippen molar-refractivity contribution in [3.8, 4) is 0 Å². The Bertz CT molecular complexity index is 528. The lowest BCUT2D eigenvalue weighted by Crippen LogP contribution is -2.34. The average Bonchev–Trinajstić information content (AvgIpc) is 2.53. The Kier molecular flexibility index (Phi) is 5.99. The topological polar surface area (TPSA) is 49.4 Å². The Morgan fingerprint density at radius 1 is 1.32 bits per heavy atom. The summed E-state index contributed by atoms with van der Waals surface area (Å²) in [4.78, 5) is 26.3. The minimum atomic E-state index is -0.0938. The standard InChI is InChI=1S/C18H26N2O2/c1-3-5-12-20(4-2)17(21)11-10-15-13-14-8-6-7-9-16(14)19-18(15)22/h6-9,15H,3-5,10-13H2,1-2H3,(H,19,22)/t15-/m1/s1. The number of hydrogen-bond acceptors (Lipinski definition) is 2. The second kappa shape index (κ2) is 7.97. The summed E-state index contributed by atoms with van der Waals surface area (Å²) in [5, 5.41) is 2.95. The molecule has 2 rings (SSSR count). The summed E-state index contributed by atoms with van der Waals surface area (Å²) in [6.45, 7) is 5.71. The van der Waals surface area contributed by atoms with Gasteiger partial charge in [-0.25, -0.2) is 0 Å². The summed E-state index contributed by atoms with van der Waals surface area (Å²) < 4.78 is 0. The number of carbonyl (C=O) groups is 2. The summed E-state index contributed by atoms with van der Waals surface area (Å²) in [5.74, 6) is 0.120. The minimum Gasteiger partial charge on any atom is -0.343 e. The summed E-state index contributed by atoms with van der Waals surface area (Å²) in [7, 11) is 0. The third kappa shape index (κ3) is 4.09. The number of fused-ring (bicyclic) bond motifs is 1. The van der Waals surface area contributed by atoms with E-state index in [1.807, 2.05) is 36.1 Å². The van der Waals surface area contributed by atoms with Gasteiger partial charge in [-0.15, -0.1) is 0 Å². The monoisotopic (exact) mass is 302 g/mol. The molecule has 0 saturated carbocycles. The van der Waals surface area contributed by atoms with E-state index in [1.165, 1.54) is 0 Å². The van der Waals surface area contributed by atoms with Crippen LogP contribution in [0.4, 0.5) is 5.69 Å². The van der Waals surface area contributed by atoms with Crippen molar-refractivity contribution in [2.45, 2.75) is 46.0 Å². The maximum atomic E-state index is 12.3. The molecule has 0 aromatic heterocycles. The van der Waals surface area contributed by atoms with E-state index in [4.69, 9.17) is 0 Å². The van der Waals surface area contributed by atoms with Crippen LogP contribution in [0.15, 0.2) is 24.3 Å². The number of nitrogens with zero attached hydrogens (tertiary/aromatic N) is 1. The van der Waals surface area contributed by atoms with Gasteiger partial charge in [0.05, 0.1) is 0 Å². The molecule has 1 N–H and O–H groups in total. The second-order valence-electron chi connectivity index (χ2n) is 5.91. The first-order valence-electron chi connectivity index (χ1n) is 8.32. The van der Waals surface area contributed by atoms with Crippen molar-refractivity contribution < 1.29 is 9.59 Å². The van der Waals surface area contributed by atoms with Crippen molar-refractivity contribution in [2.75, 3.05) is 18.4 Å². The maximum Gasteiger partial charge on any atom is 0.227 e. The highest BCUT2D eigenvalue weighted by Crippen LogP contribution is 2.27. The number of benzene rings is 1. The number of anilines is 1. The predicted molar refractivity (Wildman–Crippen MR) is 88.7 cm³/mol. The smallest absolute Gasteiger partial charge is 0.227 e. The minimum absolute atomic E-state index is 0.0445. The number of para-hydroxylation sites is 1. The van der Waals surface area contributed by atoms with E-state index in [2.05, 4.69) is 12.2 Å². The third-order valence-electron chi connectivity index (χ3n) is 4.34. The Morgan fingerprint density at radius 3 is 2.82 bits per heavy atom. The van der Waals surface area contributed by atoms with Gasteiger partial charge >= 0.3 is 0 Å². The lowest BCUT2D eigenvalue weighted by Gasteiger charge is -2.26. The number of nitrogens with one attached hydrogen (secondary N) is 1. The van der Waals surface area contributed by atoms with Crippen LogP contribution in [0.1, 0.15) is 45.1 Å². The molecule has 1 atom stereocenters. The van der Waals surface area contributed by atoms with E-state index >= 15 is 0 Å². The zero-order valence-corrected chi connectivity index (χ0v) is 13.6. The highest BCUT2D eigenvalue weighted by atomic mass is 16.2. The zero-order valence-electron chi connectivity index (χ0n) is 13.6. The molecule has 0 unspecified atom stereocenters. The second-order valence-corrected chi connectivity index (χ2v) is 5.91. The third-order valence-corrected chi connectivity index (χ3v) is 4.34. The van der Waals surface area contributed by atoms with Crippen molar-refractivity contribution in [1.82, 2.24) is 4.90 Å². The molecule has 1 aliphatic rings. The first-order valence-corrected chi connectivity index (χ1v) is 8.32. The lowest BCUT2D eigenvalue weighted by atomic mass is 9.89. The first kappa shape index (κ1) is 16.5. The molecule has 4 heteroatoms. The van der Waals surface area contributed by atoms with Crippen LogP contribution >= 0.6 is 0 Å². The van der Waals surface area contributed by atoms with Crippen molar-refractivity contribution in [2.24, 2.45) is 5.92 Å². The van der Waals surface area contributed by atoms with Crippen LogP contribution in [0.25, 0.3) is 0 Å².